The summed E-state index contributed by atoms with van der Waals surface area (Å²) in [6.45, 7) is 3.66. The maximum absolute atomic E-state index is 12.8. The van der Waals surface area contributed by atoms with Gasteiger partial charge in [-0.15, -0.1) is 0 Å². The van der Waals surface area contributed by atoms with Crippen LogP contribution in [0.15, 0.2) is 78.9 Å². The van der Waals surface area contributed by atoms with Crippen molar-refractivity contribution in [2.75, 3.05) is 17.3 Å². The first kappa shape index (κ1) is 20.1. The van der Waals surface area contributed by atoms with Gasteiger partial charge in [-0.2, -0.15) is 0 Å². The van der Waals surface area contributed by atoms with Gasteiger partial charge >= 0.3 is 0 Å². The molecular weight excluding hydrogens is 364 g/mol. The molecule has 0 saturated heterocycles. The van der Waals surface area contributed by atoms with Crippen molar-refractivity contribution in [2.24, 2.45) is 0 Å². The third-order valence-electron chi connectivity index (χ3n) is 4.50. The van der Waals surface area contributed by atoms with Gasteiger partial charge in [0.25, 0.3) is 11.8 Å². The zero-order chi connectivity index (χ0) is 20.8. The Hall–Kier alpha value is -3.60. The quantitative estimate of drug-likeness (QED) is 0.667. The lowest BCUT2D eigenvalue weighted by molar-refractivity contribution is -0.122. The first-order valence-corrected chi connectivity index (χ1v) is 9.41. The fourth-order valence-electron chi connectivity index (χ4n) is 2.88. The third-order valence-corrected chi connectivity index (χ3v) is 4.50. The van der Waals surface area contributed by atoms with E-state index in [1.165, 1.54) is 0 Å². The molecule has 0 heterocycles. The Bertz CT molecular complexity index is 1000. The molecular formula is C24H24N2O3. The normalized spacial score (nSPS) is 11.4. The number of para-hydroxylation sites is 1. The molecule has 5 heteroatoms. The Morgan fingerprint density at radius 1 is 0.931 bits per heavy atom. The van der Waals surface area contributed by atoms with Gasteiger partial charge in [0, 0.05) is 24.0 Å². The molecule has 0 fully saturated rings. The van der Waals surface area contributed by atoms with Gasteiger partial charge in [-0.05, 0) is 61.9 Å². The molecule has 0 spiro atoms. The van der Waals surface area contributed by atoms with Crippen molar-refractivity contribution in [2.45, 2.75) is 20.0 Å². The molecule has 5 nitrogen and oxygen atoms in total. The van der Waals surface area contributed by atoms with Crippen LogP contribution in [-0.4, -0.2) is 25.0 Å². The molecule has 2 amide bonds. The van der Waals surface area contributed by atoms with E-state index in [4.69, 9.17) is 4.74 Å². The molecule has 148 valence electrons. The van der Waals surface area contributed by atoms with E-state index in [0.29, 0.717) is 17.0 Å². The molecule has 0 aliphatic carbocycles. The maximum Gasteiger partial charge on any atom is 0.265 e. The van der Waals surface area contributed by atoms with E-state index in [1.54, 1.807) is 43.1 Å². The first-order chi connectivity index (χ1) is 13.9. The van der Waals surface area contributed by atoms with Crippen LogP contribution in [0.2, 0.25) is 0 Å². The summed E-state index contributed by atoms with van der Waals surface area (Å²) in [7, 11) is 1.72. The number of hydrogen-bond acceptors (Lipinski definition) is 3. The van der Waals surface area contributed by atoms with Crippen molar-refractivity contribution in [1.29, 1.82) is 0 Å². The number of anilines is 2. The number of ether oxygens (including phenoxy) is 1. The van der Waals surface area contributed by atoms with Crippen molar-refractivity contribution < 1.29 is 14.3 Å². The van der Waals surface area contributed by atoms with Crippen molar-refractivity contribution >= 4 is 23.2 Å². The smallest absolute Gasteiger partial charge is 0.265 e. The standard InChI is InChI=1S/C24H24N2O3/c1-17-9-7-14-22(15-17)29-18(2)23(27)25-20-11-8-10-19(16-20)24(28)26(3)21-12-5-4-6-13-21/h4-16,18H,1-3H3,(H,25,27). The number of carbonyl (C=O) groups is 2. The lowest BCUT2D eigenvalue weighted by atomic mass is 10.1. The predicted octanol–water partition coefficient (Wildman–Crippen LogP) is 4.68. The number of carbonyl (C=O) groups excluding carboxylic acids is 2. The van der Waals surface area contributed by atoms with Gasteiger partial charge in [-0.3, -0.25) is 9.59 Å². The van der Waals surface area contributed by atoms with Crippen LogP contribution in [0.5, 0.6) is 5.75 Å². The molecule has 0 aliphatic heterocycles. The van der Waals surface area contributed by atoms with Crippen LogP contribution in [0.1, 0.15) is 22.8 Å². The molecule has 29 heavy (non-hydrogen) atoms. The average Bonchev–Trinajstić information content (AvgIpc) is 2.73. The first-order valence-electron chi connectivity index (χ1n) is 9.41. The summed E-state index contributed by atoms with van der Waals surface area (Å²) in [5.41, 5.74) is 2.89. The Kier molecular flexibility index (Phi) is 6.29. The van der Waals surface area contributed by atoms with Crippen molar-refractivity contribution in [3.63, 3.8) is 0 Å². The summed E-state index contributed by atoms with van der Waals surface area (Å²) in [5.74, 6) is 0.199. The van der Waals surface area contributed by atoms with E-state index in [1.807, 2.05) is 61.5 Å². The topological polar surface area (TPSA) is 58.6 Å². The lowest BCUT2D eigenvalue weighted by Gasteiger charge is -2.18. The van der Waals surface area contributed by atoms with E-state index >= 15 is 0 Å². The van der Waals surface area contributed by atoms with Gasteiger partial charge in [-0.1, -0.05) is 36.4 Å². The SMILES string of the molecule is Cc1cccc(OC(C)C(=O)Nc2cccc(C(=O)N(C)c3ccccc3)c2)c1. The van der Waals surface area contributed by atoms with Crippen LogP contribution in [0.3, 0.4) is 0 Å². The Balaban J connectivity index is 1.67. The highest BCUT2D eigenvalue weighted by Crippen LogP contribution is 2.19. The molecule has 1 atom stereocenters. The highest BCUT2D eigenvalue weighted by molar-refractivity contribution is 6.06. The van der Waals surface area contributed by atoms with Gasteiger partial charge in [0.05, 0.1) is 0 Å². The molecule has 1 unspecified atom stereocenters. The third kappa shape index (κ3) is 5.23. The monoisotopic (exact) mass is 388 g/mol. The zero-order valence-electron chi connectivity index (χ0n) is 16.8. The minimum Gasteiger partial charge on any atom is -0.481 e. The van der Waals surface area contributed by atoms with E-state index < -0.39 is 6.10 Å². The van der Waals surface area contributed by atoms with Gasteiger partial charge in [0.1, 0.15) is 5.75 Å². The van der Waals surface area contributed by atoms with Crippen LogP contribution in [0, 0.1) is 6.92 Å². The number of amides is 2. The van der Waals surface area contributed by atoms with Crippen LogP contribution in [-0.2, 0) is 4.79 Å². The lowest BCUT2D eigenvalue weighted by Crippen LogP contribution is -2.30. The molecule has 0 radical (unpaired) electrons. The van der Waals surface area contributed by atoms with E-state index in [-0.39, 0.29) is 11.8 Å². The predicted molar refractivity (Wildman–Crippen MR) is 116 cm³/mol. The van der Waals surface area contributed by atoms with Crippen molar-refractivity contribution in [3.05, 3.63) is 90.0 Å². The zero-order valence-corrected chi connectivity index (χ0v) is 16.8. The second-order valence-corrected chi connectivity index (χ2v) is 6.85. The number of benzene rings is 3. The van der Waals surface area contributed by atoms with E-state index in [2.05, 4.69) is 5.32 Å². The molecule has 0 aromatic heterocycles. The van der Waals surface area contributed by atoms with E-state index in [9.17, 15) is 9.59 Å². The summed E-state index contributed by atoms with van der Waals surface area (Å²) in [5, 5.41) is 2.82. The maximum atomic E-state index is 12.8. The number of rotatable bonds is 6. The number of hydrogen-bond donors (Lipinski definition) is 1. The summed E-state index contributed by atoms with van der Waals surface area (Å²) in [6.07, 6.45) is -0.678. The van der Waals surface area contributed by atoms with Crippen LogP contribution >= 0.6 is 0 Å². The summed E-state index contributed by atoms with van der Waals surface area (Å²) < 4.78 is 5.72. The highest BCUT2D eigenvalue weighted by Gasteiger charge is 2.17. The molecule has 0 aliphatic rings. The minimum atomic E-state index is -0.678. The van der Waals surface area contributed by atoms with Crippen LogP contribution in [0.25, 0.3) is 0 Å². The van der Waals surface area contributed by atoms with Crippen molar-refractivity contribution in [1.82, 2.24) is 0 Å². The minimum absolute atomic E-state index is 0.156. The second-order valence-electron chi connectivity index (χ2n) is 6.85. The number of aryl methyl sites for hydroxylation is 1. The molecule has 0 bridgehead atoms. The molecule has 3 aromatic carbocycles. The van der Waals surface area contributed by atoms with E-state index in [0.717, 1.165) is 11.3 Å². The molecule has 0 saturated carbocycles. The number of nitrogens with one attached hydrogen (secondary N) is 1. The molecule has 3 rings (SSSR count). The average molecular weight is 388 g/mol. The molecule has 1 N–H and O–H groups in total. The fourth-order valence-corrected chi connectivity index (χ4v) is 2.88. The van der Waals surface area contributed by atoms with Gasteiger partial charge in [0.15, 0.2) is 6.10 Å². The molecule has 3 aromatic rings. The Morgan fingerprint density at radius 3 is 2.38 bits per heavy atom. The summed E-state index contributed by atoms with van der Waals surface area (Å²) in [6, 6.07) is 23.8. The Morgan fingerprint density at radius 2 is 1.66 bits per heavy atom. The highest BCUT2D eigenvalue weighted by atomic mass is 16.5. The van der Waals surface area contributed by atoms with Gasteiger partial charge < -0.3 is 15.0 Å². The largest absolute Gasteiger partial charge is 0.481 e. The Labute approximate surface area is 170 Å². The van der Waals surface area contributed by atoms with Crippen LogP contribution < -0.4 is 15.0 Å². The fraction of sp³-hybridized carbons (Fsp3) is 0.167. The second kappa shape index (κ2) is 9.06. The summed E-state index contributed by atoms with van der Waals surface area (Å²) >= 11 is 0. The van der Waals surface area contributed by atoms with Gasteiger partial charge in [-0.25, -0.2) is 0 Å². The summed E-state index contributed by atoms with van der Waals surface area (Å²) in [4.78, 5) is 26.9. The van der Waals surface area contributed by atoms with Gasteiger partial charge in [0.2, 0.25) is 0 Å². The van der Waals surface area contributed by atoms with Crippen molar-refractivity contribution in [3.8, 4) is 5.75 Å². The number of nitrogens with zero attached hydrogens (tertiary/aromatic N) is 1. The van der Waals surface area contributed by atoms with Crippen LogP contribution in [0.4, 0.5) is 11.4 Å².